The fourth-order valence-electron chi connectivity index (χ4n) is 2.30. The van der Waals surface area contributed by atoms with Gasteiger partial charge < -0.3 is 15.6 Å². The van der Waals surface area contributed by atoms with Crippen LogP contribution in [-0.2, 0) is 12.7 Å². The summed E-state index contributed by atoms with van der Waals surface area (Å²) in [6.07, 6.45) is -4.46. The Morgan fingerprint density at radius 2 is 1.92 bits per heavy atom. The molecule has 0 radical (unpaired) electrons. The second-order valence-electron chi connectivity index (χ2n) is 5.35. The average molecular weight is 362 g/mol. The zero-order valence-corrected chi connectivity index (χ0v) is 13.2. The van der Waals surface area contributed by atoms with Crippen molar-refractivity contribution in [3.05, 3.63) is 65.5 Å². The minimum Gasteiger partial charge on any atom is -0.375 e. The number of aromatic nitrogens is 2. The first-order valence-corrected chi connectivity index (χ1v) is 7.47. The van der Waals surface area contributed by atoms with Gasteiger partial charge in [0.1, 0.15) is 0 Å². The largest absolute Gasteiger partial charge is 0.416 e. The van der Waals surface area contributed by atoms with E-state index in [1.54, 1.807) is 24.3 Å². The molecule has 0 spiro atoms. The molecule has 6 nitrogen and oxygen atoms in total. The Kier molecular flexibility index (Phi) is 4.61. The molecular formula is C17H13F3N4O2. The molecule has 0 fully saturated rings. The van der Waals surface area contributed by atoms with Crippen LogP contribution in [0.5, 0.6) is 0 Å². The number of nitrogens with one attached hydrogen (secondary N) is 1. The van der Waals surface area contributed by atoms with Gasteiger partial charge in [-0.3, -0.25) is 4.79 Å². The molecule has 0 bridgehead atoms. The van der Waals surface area contributed by atoms with Crippen LogP contribution in [-0.4, -0.2) is 16.0 Å². The molecule has 3 aromatic rings. The molecule has 0 saturated carbocycles. The van der Waals surface area contributed by atoms with Gasteiger partial charge in [-0.2, -0.15) is 18.2 Å². The minimum atomic E-state index is -4.46. The second-order valence-corrected chi connectivity index (χ2v) is 5.35. The number of hydrogen-bond donors (Lipinski definition) is 2. The highest BCUT2D eigenvalue weighted by atomic mass is 19.4. The number of halogens is 3. The predicted octanol–water partition coefficient (Wildman–Crippen LogP) is 3.47. The van der Waals surface area contributed by atoms with Gasteiger partial charge in [-0.1, -0.05) is 29.4 Å². The van der Waals surface area contributed by atoms with Gasteiger partial charge in [-0.15, -0.1) is 0 Å². The van der Waals surface area contributed by atoms with Crippen LogP contribution in [0.2, 0.25) is 0 Å². The number of para-hydroxylation sites is 1. The maximum Gasteiger partial charge on any atom is 0.416 e. The number of nitrogens with zero attached hydrogens (tertiary/aromatic N) is 2. The van der Waals surface area contributed by atoms with E-state index in [0.717, 1.165) is 12.1 Å². The summed E-state index contributed by atoms with van der Waals surface area (Å²) in [5, 5.41) is 6.63. The molecule has 0 aliphatic heterocycles. The molecule has 26 heavy (non-hydrogen) atoms. The van der Waals surface area contributed by atoms with Crippen molar-refractivity contribution in [3.8, 4) is 11.4 Å². The first-order chi connectivity index (χ1) is 12.3. The summed E-state index contributed by atoms with van der Waals surface area (Å²) in [7, 11) is 0. The van der Waals surface area contributed by atoms with Crippen molar-refractivity contribution in [1.29, 1.82) is 0 Å². The number of primary amides is 1. The van der Waals surface area contributed by atoms with Crippen molar-refractivity contribution in [2.45, 2.75) is 12.7 Å². The number of nitrogens with two attached hydrogens (primary N) is 1. The van der Waals surface area contributed by atoms with E-state index >= 15 is 0 Å². The number of benzene rings is 2. The van der Waals surface area contributed by atoms with Crippen LogP contribution < -0.4 is 11.1 Å². The number of rotatable bonds is 5. The van der Waals surface area contributed by atoms with Crippen LogP contribution in [0.3, 0.4) is 0 Å². The average Bonchev–Trinajstić information content (AvgIpc) is 3.08. The standard InChI is InChI=1S/C17H13F3N4O2/c18-17(19,20)11-5-3-4-10(8-11)16-23-14(26-24-16)9-22-13-7-2-1-6-12(13)15(21)25/h1-8,22H,9H2,(H2,21,25). The highest BCUT2D eigenvalue weighted by Crippen LogP contribution is 2.31. The Bertz CT molecular complexity index is 938. The van der Waals surface area contributed by atoms with Gasteiger partial charge in [0.05, 0.1) is 17.7 Å². The molecule has 0 unspecified atom stereocenters. The maximum atomic E-state index is 12.8. The van der Waals surface area contributed by atoms with Crippen molar-refractivity contribution in [2.24, 2.45) is 5.73 Å². The van der Waals surface area contributed by atoms with E-state index in [1.165, 1.54) is 12.1 Å². The van der Waals surface area contributed by atoms with Crippen molar-refractivity contribution >= 4 is 11.6 Å². The third-order valence-electron chi connectivity index (χ3n) is 3.54. The summed E-state index contributed by atoms with van der Waals surface area (Å²) in [5.74, 6) is -0.406. The minimum absolute atomic E-state index is 0.0380. The van der Waals surface area contributed by atoms with E-state index in [2.05, 4.69) is 15.5 Å². The Labute approximate surface area is 145 Å². The van der Waals surface area contributed by atoms with Crippen LogP contribution >= 0.6 is 0 Å². The molecule has 0 aliphatic rings. The summed E-state index contributed by atoms with van der Waals surface area (Å²) < 4.78 is 43.4. The van der Waals surface area contributed by atoms with E-state index in [-0.39, 0.29) is 23.8 Å². The fraction of sp³-hybridized carbons (Fsp3) is 0.118. The van der Waals surface area contributed by atoms with Crippen LogP contribution in [0.25, 0.3) is 11.4 Å². The number of hydrogen-bond acceptors (Lipinski definition) is 5. The lowest BCUT2D eigenvalue weighted by molar-refractivity contribution is -0.137. The molecule has 9 heteroatoms. The lowest BCUT2D eigenvalue weighted by Gasteiger charge is -2.07. The lowest BCUT2D eigenvalue weighted by atomic mass is 10.1. The molecule has 1 heterocycles. The normalized spacial score (nSPS) is 11.3. The van der Waals surface area contributed by atoms with E-state index in [1.807, 2.05) is 0 Å². The molecule has 0 atom stereocenters. The smallest absolute Gasteiger partial charge is 0.375 e. The van der Waals surface area contributed by atoms with E-state index in [9.17, 15) is 18.0 Å². The number of carbonyl (C=O) groups is 1. The van der Waals surface area contributed by atoms with Crippen molar-refractivity contribution < 1.29 is 22.5 Å². The van der Waals surface area contributed by atoms with Crippen molar-refractivity contribution in [2.75, 3.05) is 5.32 Å². The van der Waals surface area contributed by atoms with E-state index < -0.39 is 17.6 Å². The third kappa shape index (κ3) is 3.82. The fourth-order valence-corrected chi connectivity index (χ4v) is 2.30. The Morgan fingerprint density at radius 1 is 1.15 bits per heavy atom. The maximum absolute atomic E-state index is 12.8. The van der Waals surface area contributed by atoms with Gasteiger partial charge in [0.15, 0.2) is 0 Å². The Hall–Kier alpha value is -3.36. The first-order valence-electron chi connectivity index (χ1n) is 7.47. The molecule has 0 aliphatic carbocycles. The monoisotopic (exact) mass is 362 g/mol. The van der Waals surface area contributed by atoms with Gasteiger partial charge in [-0.25, -0.2) is 0 Å². The van der Waals surface area contributed by atoms with Gasteiger partial charge in [0.25, 0.3) is 5.91 Å². The highest BCUT2D eigenvalue weighted by Gasteiger charge is 2.30. The number of anilines is 1. The van der Waals surface area contributed by atoms with Crippen LogP contribution in [0.1, 0.15) is 21.8 Å². The van der Waals surface area contributed by atoms with Gasteiger partial charge in [0.2, 0.25) is 11.7 Å². The van der Waals surface area contributed by atoms with Gasteiger partial charge in [0, 0.05) is 11.3 Å². The summed E-state index contributed by atoms with van der Waals surface area (Å²) in [4.78, 5) is 15.4. The predicted molar refractivity (Wildman–Crippen MR) is 87.0 cm³/mol. The second kappa shape index (κ2) is 6.87. The topological polar surface area (TPSA) is 94.0 Å². The molecule has 1 aromatic heterocycles. The first kappa shape index (κ1) is 17.5. The lowest BCUT2D eigenvalue weighted by Crippen LogP contribution is -2.14. The zero-order chi connectivity index (χ0) is 18.7. The van der Waals surface area contributed by atoms with Crippen LogP contribution in [0.4, 0.5) is 18.9 Å². The SMILES string of the molecule is NC(=O)c1ccccc1NCc1nc(-c2cccc(C(F)(F)F)c2)no1. The number of amides is 1. The molecule has 1 amide bonds. The van der Waals surface area contributed by atoms with Crippen LogP contribution in [0.15, 0.2) is 53.1 Å². The van der Waals surface area contributed by atoms with Gasteiger partial charge in [-0.05, 0) is 24.3 Å². The molecule has 3 rings (SSSR count). The Balaban J connectivity index is 1.76. The number of alkyl halides is 3. The van der Waals surface area contributed by atoms with E-state index in [0.29, 0.717) is 11.3 Å². The Morgan fingerprint density at radius 3 is 2.65 bits per heavy atom. The van der Waals surface area contributed by atoms with Gasteiger partial charge >= 0.3 is 6.18 Å². The molecular weight excluding hydrogens is 349 g/mol. The molecule has 0 saturated heterocycles. The summed E-state index contributed by atoms with van der Waals surface area (Å²) >= 11 is 0. The highest BCUT2D eigenvalue weighted by molar-refractivity contribution is 5.98. The quantitative estimate of drug-likeness (QED) is 0.725. The summed E-state index contributed by atoms with van der Waals surface area (Å²) in [6.45, 7) is 0.0796. The van der Waals surface area contributed by atoms with E-state index in [4.69, 9.17) is 10.3 Å². The summed E-state index contributed by atoms with van der Waals surface area (Å²) in [5.41, 5.74) is 5.46. The molecule has 134 valence electrons. The molecule has 2 aromatic carbocycles. The zero-order valence-electron chi connectivity index (χ0n) is 13.2. The van der Waals surface area contributed by atoms with Crippen molar-refractivity contribution in [1.82, 2.24) is 10.1 Å². The summed E-state index contributed by atoms with van der Waals surface area (Å²) in [6, 6.07) is 11.3. The molecule has 3 N–H and O–H groups in total. The van der Waals surface area contributed by atoms with Crippen LogP contribution in [0, 0.1) is 0 Å². The number of carbonyl (C=O) groups excluding carboxylic acids is 1. The third-order valence-corrected chi connectivity index (χ3v) is 3.54. The van der Waals surface area contributed by atoms with Crippen molar-refractivity contribution in [3.63, 3.8) is 0 Å².